The predicted octanol–water partition coefficient (Wildman–Crippen LogP) is 4.04. The van der Waals surface area contributed by atoms with Crippen molar-refractivity contribution in [2.24, 2.45) is 0 Å². The molecule has 138 valence electrons. The van der Waals surface area contributed by atoms with Crippen molar-refractivity contribution >= 4 is 39.2 Å². The lowest BCUT2D eigenvalue weighted by Crippen LogP contribution is -2.43. The van der Waals surface area contributed by atoms with Crippen molar-refractivity contribution in [1.29, 1.82) is 0 Å². The lowest BCUT2D eigenvalue weighted by molar-refractivity contribution is -0.120. The van der Waals surface area contributed by atoms with E-state index < -0.39 is 12.1 Å². The number of nitrogens with one attached hydrogen (secondary N) is 1. The highest BCUT2D eigenvalue weighted by atomic mass is 32.1. The number of hydrogen-bond acceptors (Lipinski definition) is 5. The third kappa shape index (κ3) is 3.93. The summed E-state index contributed by atoms with van der Waals surface area (Å²) in [5.74, 6) is -0.187. The van der Waals surface area contributed by atoms with Gasteiger partial charge in [-0.05, 0) is 36.6 Å². The minimum Gasteiger partial charge on any atom is -0.445 e. The lowest BCUT2D eigenvalue weighted by atomic mass is 10.2. The van der Waals surface area contributed by atoms with Gasteiger partial charge in [-0.2, -0.15) is 0 Å². The Kier molecular flexibility index (Phi) is 5.02. The van der Waals surface area contributed by atoms with E-state index in [0.29, 0.717) is 18.7 Å². The molecule has 0 bridgehead atoms. The molecule has 7 heteroatoms. The van der Waals surface area contributed by atoms with Gasteiger partial charge in [-0.3, -0.25) is 9.69 Å². The fraction of sp³-hybridized carbons (Fsp3) is 0.250. The molecule has 1 fully saturated rings. The van der Waals surface area contributed by atoms with Gasteiger partial charge in [-0.1, -0.05) is 30.3 Å². The van der Waals surface area contributed by atoms with Gasteiger partial charge in [0.15, 0.2) is 0 Å². The molecule has 6 nitrogen and oxygen atoms in total. The number of hydrogen-bond donors (Lipinski definition) is 1. The smallest absolute Gasteiger partial charge is 0.410 e. The topological polar surface area (TPSA) is 71.5 Å². The highest BCUT2D eigenvalue weighted by Crippen LogP contribution is 2.24. The maximum atomic E-state index is 12.7. The van der Waals surface area contributed by atoms with Gasteiger partial charge in [-0.25, -0.2) is 9.78 Å². The maximum Gasteiger partial charge on any atom is 0.410 e. The average Bonchev–Trinajstić information content (AvgIpc) is 3.36. The maximum absolute atomic E-state index is 12.7. The number of amides is 2. The molecule has 27 heavy (non-hydrogen) atoms. The molecule has 0 spiro atoms. The summed E-state index contributed by atoms with van der Waals surface area (Å²) >= 11 is 1.52. The summed E-state index contributed by atoms with van der Waals surface area (Å²) in [6, 6.07) is 14.6. The number of benzene rings is 2. The number of anilines is 1. The first-order valence-corrected chi connectivity index (χ1v) is 9.70. The normalized spacial score (nSPS) is 16.4. The molecule has 1 saturated heterocycles. The van der Waals surface area contributed by atoms with E-state index in [9.17, 15) is 9.59 Å². The highest BCUT2D eigenvalue weighted by Gasteiger charge is 2.35. The van der Waals surface area contributed by atoms with Gasteiger partial charge in [0.25, 0.3) is 0 Å². The second-order valence-corrected chi connectivity index (χ2v) is 7.30. The van der Waals surface area contributed by atoms with E-state index in [-0.39, 0.29) is 12.5 Å². The van der Waals surface area contributed by atoms with E-state index in [2.05, 4.69) is 10.3 Å². The second kappa shape index (κ2) is 7.75. The Morgan fingerprint density at radius 1 is 1.22 bits per heavy atom. The predicted molar refractivity (Wildman–Crippen MR) is 105 cm³/mol. The fourth-order valence-corrected chi connectivity index (χ4v) is 3.93. The molecule has 2 amide bonds. The van der Waals surface area contributed by atoms with Gasteiger partial charge < -0.3 is 10.1 Å². The van der Waals surface area contributed by atoms with Crippen molar-refractivity contribution in [2.75, 3.05) is 11.9 Å². The van der Waals surface area contributed by atoms with Gasteiger partial charge in [0.1, 0.15) is 12.6 Å². The SMILES string of the molecule is O=C(Nc1ccc2ncsc2c1)C1CCCN1C(=O)OCc1ccccc1. The van der Waals surface area contributed by atoms with E-state index in [0.717, 1.165) is 22.2 Å². The van der Waals surface area contributed by atoms with E-state index in [1.165, 1.54) is 16.2 Å². The number of nitrogens with zero attached hydrogens (tertiary/aromatic N) is 2. The van der Waals surface area contributed by atoms with E-state index in [1.54, 1.807) is 5.51 Å². The van der Waals surface area contributed by atoms with Crippen molar-refractivity contribution in [1.82, 2.24) is 9.88 Å². The van der Waals surface area contributed by atoms with Crippen LogP contribution in [0.25, 0.3) is 10.2 Å². The van der Waals surface area contributed by atoms with Crippen LogP contribution in [-0.2, 0) is 16.1 Å². The summed E-state index contributed by atoms with van der Waals surface area (Å²) in [5.41, 5.74) is 4.31. The Balaban J connectivity index is 1.39. The first-order chi connectivity index (χ1) is 13.2. The number of aromatic nitrogens is 1. The largest absolute Gasteiger partial charge is 0.445 e. The number of carbonyl (C=O) groups is 2. The van der Waals surface area contributed by atoms with Crippen LogP contribution in [0.3, 0.4) is 0 Å². The summed E-state index contributed by atoms with van der Waals surface area (Å²) in [6.45, 7) is 0.728. The Labute approximate surface area is 160 Å². The zero-order valence-corrected chi connectivity index (χ0v) is 15.4. The molecule has 1 aliphatic heterocycles. The molecule has 0 aliphatic carbocycles. The number of ether oxygens (including phenoxy) is 1. The van der Waals surface area contributed by atoms with Gasteiger partial charge in [0, 0.05) is 12.2 Å². The molecule has 0 radical (unpaired) electrons. The third-order valence-electron chi connectivity index (χ3n) is 4.59. The van der Waals surface area contributed by atoms with E-state index >= 15 is 0 Å². The summed E-state index contributed by atoms with van der Waals surface area (Å²) in [6.07, 6.45) is 0.969. The molecule has 2 heterocycles. The van der Waals surface area contributed by atoms with Gasteiger partial charge in [-0.15, -0.1) is 11.3 Å². The van der Waals surface area contributed by atoms with E-state index in [1.807, 2.05) is 48.5 Å². The lowest BCUT2D eigenvalue weighted by Gasteiger charge is -2.23. The van der Waals surface area contributed by atoms with Gasteiger partial charge in [0.2, 0.25) is 5.91 Å². The summed E-state index contributed by atoms with van der Waals surface area (Å²) in [5, 5.41) is 2.91. The molecular weight excluding hydrogens is 362 g/mol. The van der Waals surface area contributed by atoms with Crippen LogP contribution in [0.2, 0.25) is 0 Å². The molecular formula is C20H19N3O3S. The molecule has 1 aliphatic rings. The monoisotopic (exact) mass is 381 g/mol. The minimum absolute atomic E-state index is 0.187. The zero-order valence-electron chi connectivity index (χ0n) is 14.6. The van der Waals surface area contributed by atoms with Crippen molar-refractivity contribution < 1.29 is 14.3 Å². The molecule has 3 aromatic rings. The quantitative estimate of drug-likeness (QED) is 0.740. The molecule has 1 atom stereocenters. The van der Waals surface area contributed by atoms with Crippen molar-refractivity contribution in [3.05, 3.63) is 59.6 Å². The van der Waals surface area contributed by atoms with Gasteiger partial charge >= 0.3 is 6.09 Å². The average molecular weight is 381 g/mol. The van der Waals surface area contributed by atoms with Crippen LogP contribution in [0.1, 0.15) is 18.4 Å². The number of carbonyl (C=O) groups excluding carboxylic acids is 2. The summed E-state index contributed by atoms with van der Waals surface area (Å²) in [4.78, 5) is 30.9. The van der Waals surface area contributed by atoms with Gasteiger partial charge in [0.05, 0.1) is 15.7 Å². The second-order valence-electron chi connectivity index (χ2n) is 6.42. The Bertz CT molecular complexity index is 957. The fourth-order valence-electron chi connectivity index (χ4n) is 3.22. The Hall–Kier alpha value is -2.93. The molecule has 4 rings (SSSR count). The highest BCUT2D eigenvalue weighted by molar-refractivity contribution is 7.16. The molecule has 1 unspecified atom stereocenters. The van der Waals surface area contributed by atoms with Crippen LogP contribution in [0.15, 0.2) is 54.0 Å². The first kappa shape index (κ1) is 17.5. The Morgan fingerprint density at radius 3 is 2.93 bits per heavy atom. The summed E-state index contributed by atoms with van der Waals surface area (Å²) in [7, 11) is 0. The molecule has 2 aromatic carbocycles. The summed E-state index contributed by atoms with van der Waals surface area (Å²) < 4.78 is 6.40. The van der Waals surface area contributed by atoms with Crippen LogP contribution in [-0.4, -0.2) is 34.5 Å². The number of fused-ring (bicyclic) bond motifs is 1. The number of likely N-dealkylation sites (tertiary alicyclic amines) is 1. The van der Waals surface area contributed by atoms with Crippen LogP contribution in [0.4, 0.5) is 10.5 Å². The number of rotatable bonds is 4. The first-order valence-electron chi connectivity index (χ1n) is 8.82. The van der Waals surface area contributed by atoms with Crippen molar-refractivity contribution in [2.45, 2.75) is 25.5 Å². The molecule has 0 saturated carbocycles. The molecule has 1 aromatic heterocycles. The van der Waals surface area contributed by atoms with E-state index in [4.69, 9.17) is 4.74 Å². The van der Waals surface area contributed by atoms with Crippen LogP contribution < -0.4 is 5.32 Å². The van der Waals surface area contributed by atoms with Crippen molar-refractivity contribution in [3.63, 3.8) is 0 Å². The number of thiazole rings is 1. The van der Waals surface area contributed by atoms with Crippen molar-refractivity contribution in [3.8, 4) is 0 Å². The van der Waals surface area contributed by atoms with Crippen LogP contribution >= 0.6 is 11.3 Å². The molecule has 1 N–H and O–H groups in total. The third-order valence-corrected chi connectivity index (χ3v) is 5.39. The standard InChI is InChI=1S/C20H19N3O3S/c24-19(22-15-8-9-16-18(11-15)27-13-21-16)17-7-4-10-23(17)20(25)26-12-14-5-2-1-3-6-14/h1-3,5-6,8-9,11,13,17H,4,7,10,12H2,(H,22,24). The zero-order chi connectivity index (χ0) is 18.6. The minimum atomic E-state index is -0.509. The van der Waals surface area contributed by atoms with Crippen LogP contribution in [0, 0.1) is 0 Å². The van der Waals surface area contributed by atoms with Crippen LogP contribution in [0.5, 0.6) is 0 Å². The Morgan fingerprint density at radius 2 is 2.07 bits per heavy atom.